The highest BCUT2D eigenvalue weighted by atomic mass is 19.3. The summed E-state index contributed by atoms with van der Waals surface area (Å²) in [6.07, 6.45) is -3.80. The number of hydrogen-bond acceptors (Lipinski definition) is 5. The van der Waals surface area contributed by atoms with Crippen molar-refractivity contribution in [2.45, 2.75) is 19.3 Å². The largest absolute Gasteiger partial charge is 0.471 e. The molecule has 1 heterocycles. The molecule has 0 aliphatic carbocycles. The van der Waals surface area contributed by atoms with Gasteiger partial charge >= 0.3 is 12.3 Å². The van der Waals surface area contributed by atoms with Gasteiger partial charge in [0, 0.05) is 12.6 Å². The van der Waals surface area contributed by atoms with Crippen LogP contribution in [-0.4, -0.2) is 35.5 Å². The van der Waals surface area contributed by atoms with E-state index in [0.717, 1.165) is 0 Å². The molecule has 1 rings (SSSR count). The molecule has 5 nitrogen and oxygen atoms in total. The Morgan fingerprint density at radius 3 is 2.67 bits per heavy atom. The molecule has 0 aromatic carbocycles. The van der Waals surface area contributed by atoms with Gasteiger partial charge in [-0.1, -0.05) is 0 Å². The molecule has 0 aliphatic rings. The zero-order valence-electron chi connectivity index (χ0n) is 9.46. The van der Waals surface area contributed by atoms with Crippen LogP contribution in [0.3, 0.4) is 0 Å². The SMILES string of the molecule is CCNc1cc(OCC(F)(F)C(F)F)nc(N)n1. The van der Waals surface area contributed by atoms with Crippen LogP contribution in [0, 0.1) is 0 Å². The van der Waals surface area contributed by atoms with Gasteiger partial charge in [0.1, 0.15) is 5.82 Å². The summed E-state index contributed by atoms with van der Waals surface area (Å²) in [5.41, 5.74) is 5.31. The van der Waals surface area contributed by atoms with E-state index in [2.05, 4.69) is 20.0 Å². The Balaban J connectivity index is 2.73. The number of nitrogens with zero attached hydrogens (tertiary/aromatic N) is 2. The third-order valence-corrected chi connectivity index (χ3v) is 1.81. The van der Waals surface area contributed by atoms with Crippen LogP contribution in [-0.2, 0) is 0 Å². The van der Waals surface area contributed by atoms with E-state index in [1.165, 1.54) is 6.07 Å². The second-order valence-electron chi connectivity index (χ2n) is 3.33. The Morgan fingerprint density at radius 1 is 1.44 bits per heavy atom. The Bertz CT molecular complexity index is 402. The number of alkyl halides is 4. The molecule has 0 radical (unpaired) electrons. The number of ether oxygens (including phenoxy) is 1. The van der Waals surface area contributed by atoms with E-state index in [1.807, 2.05) is 0 Å². The fourth-order valence-corrected chi connectivity index (χ4v) is 1.02. The van der Waals surface area contributed by atoms with Crippen molar-refractivity contribution >= 4 is 11.8 Å². The van der Waals surface area contributed by atoms with E-state index < -0.39 is 19.0 Å². The first kappa shape index (κ1) is 14.3. The topological polar surface area (TPSA) is 73.1 Å². The standard InChI is InChI=1S/C9H12F4N4O/c1-2-15-5-3-6(17-8(14)16-5)18-4-9(12,13)7(10)11/h3,7H,2,4H2,1H3,(H3,14,15,16,17). The van der Waals surface area contributed by atoms with Crippen molar-refractivity contribution in [1.82, 2.24) is 9.97 Å². The predicted octanol–water partition coefficient (Wildman–Crippen LogP) is 1.77. The zero-order chi connectivity index (χ0) is 13.8. The van der Waals surface area contributed by atoms with E-state index in [1.54, 1.807) is 6.92 Å². The second-order valence-corrected chi connectivity index (χ2v) is 3.33. The summed E-state index contributed by atoms with van der Waals surface area (Å²) in [5, 5.41) is 2.76. The lowest BCUT2D eigenvalue weighted by Crippen LogP contribution is -2.34. The Hall–Kier alpha value is -1.80. The maximum absolute atomic E-state index is 12.6. The molecule has 0 bridgehead atoms. The summed E-state index contributed by atoms with van der Waals surface area (Å²) in [6, 6.07) is 1.20. The second kappa shape index (κ2) is 5.69. The Labute approximate surface area is 100 Å². The first-order valence-corrected chi connectivity index (χ1v) is 5.02. The molecular weight excluding hydrogens is 256 g/mol. The van der Waals surface area contributed by atoms with Crippen LogP contribution in [0.2, 0.25) is 0 Å². The highest BCUT2D eigenvalue weighted by Gasteiger charge is 2.41. The number of nitrogens with one attached hydrogen (secondary N) is 1. The summed E-state index contributed by atoms with van der Waals surface area (Å²) in [7, 11) is 0. The van der Waals surface area contributed by atoms with E-state index in [0.29, 0.717) is 6.54 Å². The average Bonchev–Trinajstić information content (AvgIpc) is 2.26. The van der Waals surface area contributed by atoms with E-state index in [4.69, 9.17) is 5.73 Å². The maximum atomic E-state index is 12.6. The smallest absolute Gasteiger partial charge is 0.340 e. The van der Waals surface area contributed by atoms with Crippen LogP contribution in [0.25, 0.3) is 0 Å². The van der Waals surface area contributed by atoms with Gasteiger partial charge < -0.3 is 15.8 Å². The monoisotopic (exact) mass is 268 g/mol. The number of nitrogens with two attached hydrogens (primary N) is 1. The third kappa shape index (κ3) is 3.90. The Morgan fingerprint density at radius 2 is 2.11 bits per heavy atom. The average molecular weight is 268 g/mol. The van der Waals surface area contributed by atoms with Crippen molar-refractivity contribution in [3.8, 4) is 5.88 Å². The van der Waals surface area contributed by atoms with Crippen molar-refractivity contribution in [3.05, 3.63) is 6.07 Å². The molecule has 9 heteroatoms. The number of anilines is 2. The van der Waals surface area contributed by atoms with E-state index in [-0.39, 0.29) is 17.6 Å². The predicted molar refractivity (Wildman–Crippen MR) is 57.1 cm³/mol. The van der Waals surface area contributed by atoms with Gasteiger partial charge in [-0.3, -0.25) is 0 Å². The number of aromatic nitrogens is 2. The van der Waals surface area contributed by atoms with Crippen LogP contribution in [0.15, 0.2) is 6.07 Å². The quantitative estimate of drug-likeness (QED) is 0.769. The number of halogens is 4. The molecular formula is C9H12F4N4O. The lowest BCUT2D eigenvalue weighted by atomic mass is 10.4. The minimum atomic E-state index is -4.24. The van der Waals surface area contributed by atoms with Gasteiger partial charge in [0.05, 0.1) is 0 Å². The van der Waals surface area contributed by atoms with Crippen molar-refractivity contribution in [3.63, 3.8) is 0 Å². The van der Waals surface area contributed by atoms with Crippen molar-refractivity contribution < 1.29 is 22.3 Å². The first-order valence-electron chi connectivity index (χ1n) is 5.02. The molecule has 0 atom stereocenters. The minimum Gasteiger partial charge on any atom is -0.471 e. The lowest BCUT2D eigenvalue weighted by Gasteiger charge is -2.15. The van der Waals surface area contributed by atoms with Gasteiger partial charge in [0.2, 0.25) is 11.8 Å². The number of nitrogen functional groups attached to an aromatic ring is 1. The highest BCUT2D eigenvalue weighted by molar-refractivity contribution is 5.42. The molecule has 1 aromatic heterocycles. The van der Waals surface area contributed by atoms with Gasteiger partial charge in [0.15, 0.2) is 6.61 Å². The van der Waals surface area contributed by atoms with Gasteiger partial charge in [-0.25, -0.2) is 8.78 Å². The zero-order valence-corrected chi connectivity index (χ0v) is 9.46. The highest BCUT2D eigenvalue weighted by Crippen LogP contribution is 2.24. The van der Waals surface area contributed by atoms with Gasteiger partial charge in [-0.2, -0.15) is 18.7 Å². The van der Waals surface area contributed by atoms with Crippen LogP contribution >= 0.6 is 0 Å². The molecule has 0 aliphatic heterocycles. The fraction of sp³-hybridized carbons (Fsp3) is 0.556. The van der Waals surface area contributed by atoms with Gasteiger partial charge in [-0.05, 0) is 6.92 Å². The van der Waals surface area contributed by atoms with Crippen LogP contribution in [0.4, 0.5) is 29.3 Å². The van der Waals surface area contributed by atoms with Crippen LogP contribution in [0.1, 0.15) is 6.92 Å². The maximum Gasteiger partial charge on any atom is 0.340 e. The molecule has 1 aromatic rings. The molecule has 0 amide bonds. The summed E-state index contributed by atoms with van der Waals surface area (Å²) in [4.78, 5) is 7.25. The Kier molecular flexibility index (Phi) is 4.51. The van der Waals surface area contributed by atoms with Crippen molar-refractivity contribution in [2.24, 2.45) is 0 Å². The van der Waals surface area contributed by atoms with E-state index >= 15 is 0 Å². The minimum absolute atomic E-state index is 0.205. The summed E-state index contributed by atoms with van der Waals surface area (Å²) < 4.78 is 53.5. The van der Waals surface area contributed by atoms with Crippen LogP contribution in [0.5, 0.6) is 5.88 Å². The van der Waals surface area contributed by atoms with Crippen LogP contribution < -0.4 is 15.8 Å². The summed E-state index contributed by atoms with van der Waals surface area (Å²) in [5.74, 6) is -4.47. The summed E-state index contributed by atoms with van der Waals surface area (Å²) in [6.45, 7) is 0.819. The molecule has 0 fully saturated rings. The van der Waals surface area contributed by atoms with Gasteiger partial charge in [0.25, 0.3) is 0 Å². The fourth-order valence-electron chi connectivity index (χ4n) is 1.02. The van der Waals surface area contributed by atoms with E-state index in [9.17, 15) is 17.6 Å². The van der Waals surface area contributed by atoms with Gasteiger partial charge in [-0.15, -0.1) is 0 Å². The molecule has 0 unspecified atom stereocenters. The molecule has 0 saturated heterocycles. The third-order valence-electron chi connectivity index (χ3n) is 1.81. The lowest BCUT2D eigenvalue weighted by molar-refractivity contribution is -0.148. The molecule has 3 N–H and O–H groups in total. The van der Waals surface area contributed by atoms with Crippen molar-refractivity contribution in [1.29, 1.82) is 0 Å². The molecule has 102 valence electrons. The molecule has 18 heavy (non-hydrogen) atoms. The van der Waals surface area contributed by atoms with Crippen molar-refractivity contribution in [2.75, 3.05) is 24.2 Å². The summed E-state index contributed by atoms with van der Waals surface area (Å²) >= 11 is 0. The normalized spacial score (nSPS) is 11.7. The molecule has 0 spiro atoms. The first-order chi connectivity index (χ1) is 8.35. The number of hydrogen-bond donors (Lipinski definition) is 2. The molecule has 0 saturated carbocycles. The number of rotatable bonds is 6.